The Labute approximate surface area is 131 Å². The molecule has 0 saturated heterocycles. The molecule has 0 aromatic heterocycles. The summed E-state index contributed by atoms with van der Waals surface area (Å²) in [5.74, 6) is 0.727. The number of benzene rings is 1. The van der Waals surface area contributed by atoms with Gasteiger partial charge in [-0.05, 0) is 36.0 Å². The van der Waals surface area contributed by atoms with Crippen molar-refractivity contribution >= 4 is 0 Å². The second kappa shape index (κ2) is 10.8. The van der Waals surface area contributed by atoms with Crippen LogP contribution in [0.4, 0.5) is 4.39 Å². The second-order valence-corrected chi connectivity index (χ2v) is 6.38. The lowest BCUT2D eigenvalue weighted by atomic mass is 9.89. The average molecular weight is 292 g/mol. The zero-order valence-corrected chi connectivity index (χ0v) is 14.3. The molecule has 0 bridgehead atoms. The summed E-state index contributed by atoms with van der Waals surface area (Å²) in [4.78, 5) is 0. The quantitative estimate of drug-likeness (QED) is 0.398. The molecule has 0 radical (unpaired) electrons. The van der Waals surface area contributed by atoms with Gasteiger partial charge in [0.2, 0.25) is 0 Å². The molecule has 0 amide bonds. The predicted molar refractivity (Wildman–Crippen MR) is 91.3 cm³/mol. The second-order valence-electron chi connectivity index (χ2n) is 6.38. The van der Waals surface area contributed by atoms with Crippen molar-refractivity contribution in [2.45, 2.75) is 85.0 Å². The minimum Gasteiger partial charge on any atom is -0.207 e. The fraction of sp³-hybridized carbons (Fsp3) is 0.700. The first-order chi connectivity index (χ1) is 10.2. The van der Waals surface area contributed by atoms with Gasteiger partial charge < -0.3 is 0 Å². The summed E-state index contributed by atoms with van der Waals surface area (Å²) in [7, 11) is 0. The lowest BCUT2D eigenvalue weighted by molar-refractivity contribution is 0.412. The van der Waals surface area contributed by atoms with Gasteiger partial charge in [-0.2, -0.15) is 0 Å². The molecular weight excluding hydrogens is 259 g/mol. The number of unbranched alkanes of at least 4 members (excludes halogenated alkanes) is 3. The number of hydrogen-bond donors (Lipinski definition) is 0. The molecule has 0 aliphatic carbocycles. The van der Waals surface area contributed by atoms with Crippen LogP contribution in [0.2, 0.25) is 0 Å². The van der Waals surface area contributed by atoms with Crippen molar-refractivity contribution in [1.29, 1.82) is 0 Å². The van der Waals surface area contributed by atoms with Gasteiger partial charge in [0, 0.05) is 0 Å². The van der Waals surface area contributed by atoms with E-state index in [2.05, 4.69) is 26.8 Å². The summed E-state index contributed by atoms with van der Waals surface area (Å²) in [5.41, 5.74) is 2.06. The molecule has 0 spiro atoms. The third kappa shape index (κ3) is 7.11. The fourth-order valence-electron chi connectivity index (χ4n) is 3.05. The van der Waals surface area contributed by atoms with Gasteiger partial charge in [0.1, 0.15) is 5.82 Å². The highest BCUT2D eigenvalue weighted by atomic mass is 19.1. The third-order valence-corrected chi connectivity index (χ3v) is 4.34. The Balaban J connectivity index is 2.61. The molecule has 0 nitrogen and oxygen atoms in total. The van der Waals surface area contributed by atoms with Crippen LogP contribution in [0.15, 0.2) is 18.2 Å². The lowest BCUT2D eigenvalue weighted by Crippen LogP contribution is -2.06. The Bertz CT molecular complexity index is 383. The van der Waals surface area contributed by atoms with Crippen molar-refractivity contribution in [2.75, 3.05) is 0 Å². The van der Waals surface area contributed by atoms with Gasteiger partial charge >= 0.3 is 0 Å². The Hall–Kier alpha value is -0.850. The topological polar surface area (TPSA) is 0 Å². The van der Waals surface area contributed by atoms with E-state index in [0.29, 0.717) is 0 Å². The van der Waals surface area contributed by atoms with Crippen molar-refractivity contribution in [2.24, 2.45) is 5.92 Å². The molecule has 1 atom stereocenters. The molecule has 0 aliphatic heterocycles. The van der Waals surface area contributed by atoms with Crippen LogP contribution in [-0.2, 0) is 12.8 Å². The normalized spacial score (nSPS) is 12.6. The Morgan fingerprint density at radius 3 is 2.24 bits per heavy atom. The highest BCUT2D eigenvalue weighted by Crippen LogP contribution is 2.23. The molecule has 0 fully saturated rings. The largest absolute Gasteiger partial charge is 0.207 e. The van der Waals surface area contributed by atoms with Crippen molar-refractivity contribution < 1.29 is 4.39 Å². The van der Waals surface area contributed by atoms with Crippen LogP contribution >= 0.6 is 0 Å². The number of aryl methyl sites for hydroxylation is 1. The van der Waals surface area contributed by atoms with Crippen LogP contribution < -0.4 is 0 Å². The van der Waals surface area contributed by atoms with Crippen molar-refractivity contribution in [3.8, 4) is 0 Å². The summed E-state index contributed by atoms with van der Waals surface area (Å²) in [6.07, 6.45) is 12.0. The first kappa shape index (κ1) is 18.2. The van der Waals surface area contributed by atoms with Crippen molar-refractivity contribution in [1.82, 2.24) is 0 Å². The first-order valence-electron chi connectivity index (χ1n) is 8.98. The van der Waals surface area contributed by atoms with Gasteiger partial charge in [-0.15, -0.1) is 0 Å². The molecule has 1 aromatic carbocycles. The summed E-state index contributed by atoms with van der Waals surface area (Å²) < 4.78 is 14.0. The molecule has 0 heterocycles. The van der Waals surface area contributed by atoms with E-state index in [4.69, 9.17) is 0 Å². The monoisotopic (exact) mass is 292 g/mol. The molecule has 21 heavy (non-hydrogen) atoms. The SMILES string of the molecule is CCCCCC(CCCC)Cc1ccc(CCC)c(F)c1. The zero-order chi connectivity index (χ0) is 15.5. The molecule has 1 aromatic rings. The van der Waals surface area contributed by atoms with E-state index in [1.165, 1.54) is 50.5 Å². The van der Waals surface area contributed by atoms with Gasteiger partial charge in [0.05, 0.1) is 0 Å². The standard InChI is InChI=1S/C20H33F/c1-4-7-9-12-17(11-8-5-2)15-18-13-14-19(10-6-3)20(21)16-18/h13-14,16-17H,4-12,15H2,1-3H3. The van der Waals surface area contributed by atoms with E-state index in [0.717, 1.165) is 30.7 Å². The first-order valence-corrected chi connectivity index (χ1v) is 8.98. The number of halogens is 1. The van der Waals surface area contributed by atoms with Crippen LogP contribution in [0.3, 0.4) is 0 Å². The van der Waals surface area contributed by atoms with Crippen LogP contribution in [0.5, 0.6) is 0 Å². The highest BCUT2D eigenvalue weighted by Gasteiger charge is 2.11. The average Bonchev–Trinajstić information content (AvgIpc) is 2.47. The predicted octanol–water partition coefficient (Wildman–Crippen LogP) is 6.71. The van der Waals surface area contributed by atoms with Gasteiger partial charge in [-0.25, -0.2) is 4.39 Å². The van der Waals surface area contributed by atoms with Crippen molar-refractivity contribution in [3.63, 3.8) is 0 Å². The maximum absolute atomic E-state index is 14.0. The Morgan fingerprint density at radius 2 is 1.62 bits per heavy atom. The van der Waals surface area contributed by atoms with E-state index in [1.54, 1.807) is 6.07 Å². The van der Waals surface area contributed by atoms with E-state index in [-0.39, 0.29) is 5.82 Å². The Morgan fingerprint density at radius 1 is 0.905 bits per heavy atom. The Kier molecular flexibility index (Phi) is 9.37. The lowest BCUT2D eigenvalue weighted by Gasteiger charge is -2.17. The highest BCUT2D eigenvalue weighted by molar-refractivity contribution is 5.25. The molecule has 0 saturated carbocycles. The van der Waals surface area contributed by atoms with Gasteiger partial charge in [0.15, 0.2) is 0 Å². The van der Waals surface area contributed by atoms with Crippen LogP contribution in [0, 0.1) is 11.7 Å². The van der Waals surface area contributed by atoms with Gasteiger partial charge in [-0.3, -0.25) is 0 Å². The molecule has 1 rings (SSSR count). The number of hydrogen-bond acceptors (Lipinski definition) is 0. The van der Waals surface area contributed by atoms with Crippen LogP contribution in [0.25, 0.3) is 0 Å². The van der Waals surface area contributed by atoms with E-state index in [9.17, 15) is 4.39 Å². The van der Waals surface area contributed by atoms with Crippen molar-refractivity contribution in [3.05, 3.63) is 35.1 Å². The van der Waals surface area contributed by atoms with E-state index >= 15 is 0 Å². The maximum Gasteiger partial charge on any atom is 0.126 e. The minimum absolute atomic E-state index is 0.00264. The van der Waals surface area contributed by atoms with Gasteiger partial charge in [0.25, 0.3) is 0 Å². The minimum atomic E-state index is -0.00264. The smallest absolute Gasteiger partial charge is 0.126 e. The third-order valence-electron chi connectivity index (χ3n) is 4.34. The van der Waals surface area contributed by atoms with Gasteiger partial charge in [-0.1, -0.05) is 84.3 Å². The molecule has 0 aliphatic rings. The van der Waals surface area contributed by atoms with E-state index in [1.807, 2.05) is 6.07 Å². The molecule has 0 N–H and O–H groups in total. The summed E-state index contributed by atoms with van der Waals surface area (Å²) >= 11 is 0. The van der Waals surface area contributed by atoms with Crippen LogP contribution in [0.1, 0.15) is 83.3 Å². The molecular formula is C20H33F. The maximum atomic E-state index is 14.0. The summed E-state index contributed by atoms with van der Waals surface area (Å²) in [5, 5.41) is 0. The van der Waals surface area contributed by atoms with E-state index < -0.39 is 0 Å². The summed E-state index contributed by atoms with van der Waals surface area (Å²) in [6.45, 7) is 6.60. The molecule has 1 heteroatoms. The molecule has 1 unspecified atom stereocenters. The number of rotatable bonds is 11. The van der Waals surface area contributed by atoms with Crippen LogP contribution in [-0.4, -0.2) is 0 Å². The fourth-order valence-corrected chi connectivity index (χ4v) is 3.05. The summed E-state index contributed by atoms with van der Waals surface area (Å²) in [6, 6.07) is 5.92. The zero-order valence-electron chi connectivity index (χ0n) is 14.3. The molecule has 120 valence electrons.